The minimum Gasteiger partial charge on any atom is -0.590 e. The second kappa shape index (κ2) is 7.74. The normalized spacial score (nSPS) is 10.9. The fourth-order valence-electron chi connectivity index (χ4n) is 0.663. The van der Waals surface area contributed by atoms with Gasteiger partial charge >= 0.3 is 5.97 Å². The smallest absolute Gasteiger partial charge is 0.313 e. The Morgan fingerprint density at radius 1 is 1.56 bits per heavy atom. The first-order chi connectivity index (χ1) is 7.49. The highest BCUT2D eigenvalue weighted by atomic mass is 32.2. The maximum absolute atomic E-state index is 10.2. The third-order valence-electron chi connectivity index (χ3n) is 1.43. The van der Waals surface area contributed by atoms with E-state index in [1.807, 2.05) is 0 Å². The van der Waals surface area contributed by atoms with Gasteiger partial charge in [0.1, 0.15) is 0 Å². The Balaban J connectivity index is 4.08. The minimum absolute atomic E-state index is 0.0335. The molecule has 0 heterocycles. The number of quaternary nitrogens is 1. The molecule has 0 radical (unpaired) electrons. The van der Waals surface area contributed by atoms with E-state index < -0.39 is 5.97 Å². The summed E-state index contributed by atoms with van der Waals surface area (Å²) in [6.45, 7) is 7.26. The predicted molar refractivity (Wildman–Crippen MR) is 61.2 cm³/mol. The fourth-order valence-corrected chi connectivity index (χ4v) is 1.36. The number of carboxylic acids is 1. The van der Waals surface area contributed by atoms with Crippen molar-refractivity contribution < 1.29 is 20.5 Å². The van der Waals surface area contributed by atoms with Crippen LogP contribution in [0.3, 0.4) is 0 Å². The van der Waals surface area contributed by atoms with Crippen molar-refractivity contribution in [2.24, 2.45) is 10.9 Å². The first-order valence-electron chi connectivity index (χ1n) is 4.09. The number of hydrogen-bond acceptors (Lipinski definition) is 5. The molecule has 0 bridgehead atoms. The average Bonchev–Trinajstić information content (AvgIpc) is 2.24. The highest BCUT2D eigenvalue weighted by Crippen LogP contribution is 2.13. The number of aliphatic carboxylic acids is 1. The van der Waals surface area contributed by atoms with Crippen molar-refractivity contribution in [1.82, 2.24) is 0 Å². The molecule has 90 valence electrons. The summed E-state index contributed by atoms with van der Waals surface area (Å²) < 4.78 is 0. The number of nitrogens with zero attached hydrogens (tertiary/aromatic N) is 1. The molecule has 8 heteroatoms. The van der Waals surface area contributed by atoms with Crippen molar-refractivity contribution in [1.29, 1.82) is 0 Å². The Morgan fingerprint density at radius 3 is 2.69 bits per heavy atom. The lowest BCUT2D eigenvalue weighted by Gasteiger charge is -2.07. The van der Waals surface area contributed by atoms with E-state index in [0.717, 1.165) is 11.8 Å². The lowest BCUT2D eigenvalue weighted by atomic mass is 10.1. The van der Waals surface area contributed by atoms with E-state index in [1.54, 1.807) is 0 Å². The van der Waals surface area contributed by atoms with Crippen LogP contribution in [-0.2, 0) is 9.73 Å². The van der Waals surface area contributed by atoms with Gasteiger partial charge in [-0.2, -0.15) is 10.6 Å². The van der Waals surface area contributed by atoms with Crippen LogP contribution >= 0.6 is 11.8 Å². The number of hydrogen-bond donors (Lipinski definition) is 3. The third-order valence-corrected chi connectivity index (χ3v) is 2.44. The van der Waals surface area contributed by atoms with E-state index in [4.69, 9.17) is 10.8 Å². The van der Waals surface area contributed by atoms with Crippen molar-refractivity contribution in [2.45, 2.75) is 0 Å². The van der Waals surface area contributed by atoms with Gasteiger partial charge in [-0.3, -0.25) is 4.79 Å². The van der Waals surface area contributed by atoms with Gasteiger partial charge in [0.2, 0.25) is 0 Å². The second-order valence-corrected chi connectivity index (χ2v) is 3.63. The molecule has 7 nitrogen and oxygen atoms in total. The van der Waals surface area contributed by atoms with Crippen molar-refractivity contribution in [3.05, 3.63) is 29.5 Å². The van der Waals surface area contributed by atoms with Crippen molar-refractivity contribution in [3.8, 4) is 0 Å². The van der Waals surface area contributed by atoms with Gasteiger partial charge in [0, 0.05) is 11.3 Å². The van der Waals surface area contributed by atoms with E-state index >= 15 is 0 Å². The molecule has 0 aliphatic rings. The van der Waals surface area contributed by atoms with Crippen LogP contribution in [0, 0.1) is 5.21 Å². The predicted octanol–water partition coefficient (Wildman–Crippen LogP) is -0.818. The lowest BCUT2D eigenvalue weighted by molar-refractivity contribution is -0.852. The number of carboxylic acid groups (broad SMARTS) is 1. The molecule has 0 amide bonds. The van der Waals surface area contributed by atoms with E-state index in [-0.39, 0.29) is 17.2 Å². The molecule has 0 aromatic carbocycles. The van der Waals surface area contributed by atoms with Crippen LogP contribution in [0.1, 0.15) is 0 Å². The van der Waals surface area contributed by atoms with Gasteiger partial charge in [0.05, 0.1) is 5.75 Å². The largest absolute Gasteiger partial charge is 0.590 e. The summed E-state index contributed by atoms with van der Waals surface area (Å²) in [7, 11) is 0. The molecule has 0 atom stereocenters. The maximum atomic E-state index is 10.2. The highest BCUT2D eigenvalue weighted by Gasteiger charge is 2.07. The van der Waals surface area contributed by atoms with Gasteiger partial charge in [-0.25, -0.2) is 0 Å². The van der Waals surface area contributed by atoms with Gasteiger partial charge in [0.15, 0.2) is 5.84 Å². The molecular formula is C8H13N3O4S. The third kappa shape index (κ3) is 6.06. The monoisotopic (exact) mass is 247 g/mol. The number of carbonyl (C=O) groups is 1. The summed E-state index contributed by atoms with van der Waals surface area (Å²) in [5.74, 6) is -0.640. The molecule has 0 saturated heterocycles. The Morgan fingerprint density at radius 2 is 2.19 bits per heavy atom. The highest BCUT2D eigenvalue weighted by molar-refractivity contribution is 8.00. The quantitative estimate of drug-likeness (QED) is 0.223. The molecule has 0 fully saturated rings. The van der Waals surface area contributed by atoms with E-state index in [1.165, 1.54) is 0 Å². The molecule has 0 saturated carbocycles. The number of amidine groups is 1. The topological polar surface area (TPSA) is 125 Å². The molecule has 0 spiro atoms. The number of thioether (sulfide) groups is 1. The molecule has 5 N–H and O–H groups in total. The summed E-state index contributed by atoms with van der Waals surface area (Å²) in [5, 5.41) is 21.5. The second-order valence-electron chi connectivity index (χ2n) is 2.65. The summed E-state index contributed by atoms with van der Waals surface area (Å²) in [4.78, 5) is 14.3. The summed E-state index contributed by atoms with van der Waals surface area (Å²) >= 11 is 1.16. The minimum atomic E-state index is -0.908. The molecular weight excluding hydrogens is 234 g/mol. The van der Waals surface area contributed by atoms with Crippen molar-refractivity contribution in [2.75, 3.05) is 11.5 Å². The van der Waals surface area contributed by atoms with Gasteiger partial charge in [-0.15, -0.1) is 11.8 Å². The average molecular weight is 247 g/mol. The first-order valence-corrected chi connectivity index (χ1v) is 5.24. The van der Waals surface area contributed by atoms with Crippen molar-refractivity contribution >= 4 is 23.6 Å². The molecule has 0 aromatic rings. The lowest BCUT2D eigenvalue weighted by Crippen LogP contribution is -2.75. The van der Waals surface area contributed by atoms with Crippen LogP contribution < -0.4 is 11.4 Å². The molecule has 0 aromatic heterocycles. The van der Waals surface area contributed by atoms with Gasteiger partial charge in [0.25, 0.3) is 0 Å². The molecule has 0 rings (SSSR count). The number of rotatable bonds is 8. The Bertz CT molecular complexity index is 316. The van der Waals surface area contributed by atoms with Crippen LogP contribution in [0.15, 0.2) is 29.5 Å². The summed E-state index contributed by atoms with van der Waals surface area (Å²) in [6.07, 6.45) is 0. The van der Waals surface area contributed by atoms with Gasteiger partial charge in [-0.05, 0) is 10.7 Å². The molecule has 16 heavy (non-hydrogen) atoms. The fraction of sp³-hybridized carbons (Fsp3) is 0.250. The summed E-state index contributed by atoms with van der Waals surface area (Å²) in [6, 6.07) is 0. The van der Waals surface area contributed by atoms with Gasteiger partial charge < -0.3 is 16.0 Å². The molecule has 0 unspecified atom stereocenters. The molecule has 0 aliphatic carbocycles. The maximum Gasteiger partial charge on any atom is 0.313 e. The zero-order valence-electron chi connectivity index (χ0n) is 8.51. The van der Waals surface area contributed by atoms with Crippen LogP contribution in [0.5, 0.6) is 0 Å². The standard InChI is InChI=1S/C8H13N3O4S/c1-5(3-16-4-7(12)13)6(2)8(9)10-15-11-14/h1-4,11H2,(H2,9,10)(H,12,13). The number of oxime groups is 1. The Kier molecular flexibility index (Phi) is 7.01. The van der Waals surface area contributed by atoms with Crippen LogP contribution in [-0.4, -0.2) is 28.4 Å². The first kappa shape index (κ1) is 14.5. The zero-order valence-corrected chi connectivity index (χ0v) is 9.33. The SMILES string of the molecule is C=C(CSCC(=O)O)C(=C)/C(N)=N\O[NH2+][O-]. The van der Waals surface area contributed by atoms with Crippen LogP contribution in [0.2, 0.25) is 0 Å². The van der Waals surface area contributed by atoms with Crippen LogP contribution in [0.25, 0.3) is 0 Å². The zero-order chi connectivity index (χ0) is 12.6. The number of nitrogens with two attached hydrogens (primary N) is 2. The Hall–Kier alpha value is -1.51. The van der Waals surface area contributed by atoms with E-state index in [2.05, 4.69) is 23.3 Å². The van der Waals surface area contributed by atoms with E-state index in [9.17, 15) is 10.0 Å². The van der Waals surface area contributed by atoms with Gasteiger partial charge in [-0.1, -0.05) is 13.2 Å². The van der Waals surface area contributed by atoms with Crippen LogP contribution in [0.4, 0.5) is 0 Å². The summed E-state index contributed by atoms with van der Waals surface area (Å²) in [5.41, 5.74) is 6.39. The molecule has 0 aliphatic heterocycles. The van der Waals surface area contributed by atoms with E-state index in [0.29, 0.717) is 16.9 Å². The van der Waals surface area contributed by atoms with Crippen molar-refractivity contribution in [3.63, 3.8) is 0 Å². The Labute approximate surface area is 96.5 Å².